The van der Waals surface area contributed by atoms with Gasteiger partial charge >= 0.3 is 0 Å². The molecule has 1 N–H and O–H groups in total. The molecule has 0 bridgehead atoms. The lowest BCUT2D eigenvalue weighted by atomic mass is 10.00. The first-order valence-corrected chi connectivity index (χ1v) is 5.44. The molecule has 15 heavy (non-hydrogen) atoms. The van der Waals surface area contributed by atoms with Gasteiger partial charge in [-0.3, -0.25) is 4.79 Å². The van der Waals surface area contributed by atoms with Gasteiger partial charge in [-0.05, 0) is 22.0 Å². The highest BCUT2D eigenvalue weighted by Crippen LogP contribution is 2.35. The lowest BCUT2D eigenvalue weighted by Gasteiger charge is -2.10. The van der Waals surface area contributed by atoms with E-state index in [0.29, 0.717) is 0 Å². The highest BCUT2D eigenvalue weighted by Gasteiger charge is 2.23. The standard InChI is InChI=1S/C10H9BrClFO2/c1-4(2)9(14)7-8(13)6(12)3-5(11)10(7)15/h3-4,15H,1-2H3. The van der Waals surface area contributed by atoms with Gasteiger partial charge in [-0.1, -0.05) is 25.4 Å². The number of ketones is 1. The van der Waals surface area contributed by atoms with Gasteiger partial charge in [0.1, 0.15) is 5.75 Å². The van der Waals surface area contributed by atoms with Crippen LogP contribution in [0.4, 0.5) is 4.39 Å². The van der Waals surface area contributed by atoms with E-state index in [0.717, 1.165) is 0 Å². The van der Waals surface area contributed by atoms with E-state index in [1.807, 2.05) is 0 Å². The van der Waals surface area contributed by atoms with Crippen molar-refractivity contribution < 1.29 is 14.3 Å². The Kier molecular flexibility index (Phi) is 3.73. The van der Waals surface area contributed by atoms with E-state index in [2.05, 4.69) is 15.9 Å². The first-order chi connectivity index (χ1) is 6.86. The smallest absolute Gasteiger partial charge is 0.172 e. The maximum Gasteiger partial charge on any atom is 0.172 e. The zero-order chi connectivity index (χ0) is 11.7. The zero-order valence-electron chi connectivity index (χ0n) is 8.14. The molecule has 0 atom stereocenters. The van der Waals surface area contributed by atoms with E-state index in [1.165, 1.54) is 6.07 Å². The molecule has 2 nitrogen and oxygen atoms in total. The molecular formula is C10H9BrClFO2. The maximum absolute atomic E-state index is 13.5. The van der Waals surface area contributed by atoms with Crippen molar-refractivity contribution in [3.05, 3.63) is 26.9 Å². The summed E-state index contributed by atoms with van der Waals surface area (Å²) >= 11 is 8.57. The van der Waals surface area contributed by atoms with E-state index in [4.69, 9.17) is 11.6 Å². The minimum Gasteiger partial charge on any atom is -0.506 e. The van der Waals surface area contributed by atoms with E-state index < -0.39 is 23.3 Å². The van der Waals surface area contributed by atoms with Crippen molar-refractivity contribution in [2.24, 2.45) is 5.92 Å². The van der Waals surface area contributed by atoms with Crippen LogP contribution in [-0.2, 0) is 0 Å². The number of phenols is 1. The van der Waals surface area contributed by atoms with Gasteiger partial charge in [0.2, 0.25) is 0 Å². The van der Waals surface area contributed by atoms with Gasteiger partial charge in [0, 0.05) is 5.92 Å². The Morgan fingerprint density at radius 2 is 2.13 bits per heavy atom. The average molecular weight is 296 g/mol. The van der Waals surface area contributed by atoms with Crippen molar-refractivity contribution in [3.63, 3.8) is 0 Å². The summed E-state index contributed by atoms with van der Waals surface area (Å²) in [7, 11) is 0. The number of hydrogen-bond donors (Lipinski definition) is 1. The van der Waals surface area contributed by atoms with Gasteiger partial charge in [0.05, 0.1) is 15.1 Å². The summed E-state index contributed by atoms with van der Waals surface area (Å²) < 4.78 is 13.7. The number of phenolic OH excluding ortho intramolecular Hbond substituents is 1. The Morgan fingerprint density at radius 3 is 2.60 bits per heavy atom. The van der Waals surface area contributed by atoms with Crippen LogP contribution in [0.1, 0.15) is 24.2 Å². The molecule has 0 saturated carbocycles. The number of carbonyl (C=O) groups excluding carboxylic acids is 1. The number of carbonyl (C=O) groups is 1. The van der Waals surface area contributed by atoms with Crippen LogP contribution in [0.15, 0.2) is 10.5 Å². The van der Waals surface area contributed by atoms with Gasteiger partial charge in [-0.2, -0.15) is 0 Å². The molecule has 0 aliphatic rings. The van der Waals surface area contributed by atoms with Crippen LogP contribution in [0.25, 0.3) is 0 Å². The second kappa shape index (κ2) is 4.49. The molecule has 0 aliphatic carbocycles. The van der Waals surface area contributed by atoms with Gasteiger partial charge in [-0.15, -0.1) is 0 Å². The third kappa shape index (κ3) is 2.32. The predicted molar refractivity (Wildman–Crippen MR) is 59.9 cm³/mol. The van der Waals surface area contributed by atoms with Crippen LogP contribution in [0.5, 0.6) is 5.75 Å². The monoisotopic (exact) mass is 294 g/mol. The molecule has 1 aromatic rings. The van der Waals surface area contributed by atoms with Crippen LogP contribution >= 0.6 is 27.5 Å². The molecule has 82 valence electrons. The number of Topliss-reactive ketones (excluding diaryl/α,β-unsaturated/α-hetero) is 1. The normalized spacial score (nSPS) is 10.8. The third-order valence-corrected chi connectivity index (χ3v) is 2.80. The molecule has 0 fully saturated rings. The van der Waals surface area contributed by atoms with E-state index in [9.17, 15) is 14.3 Å². The summed E-state index contributed by atoms with van der Waals surface area (Å²) in [6.07, 6.45) is 0. The molecule has 0 amide bonds. The number of aromatic hydroxyl groups is 1. The van der Waals surface area contributed by atoms with Crippen molar-refractivity contribution in [3.8, 4) is 5.75 Å². The van der Waals surface area contributed by atoms with Crippen molar-refractivity contribution in [2.45, 2.75) is 13.8 Å². The minimum absolute atomic E-state index is 0.191. The molecule has 1 rings (SSSR count). The van der Waals surface area contributed by atoms with Crippen molar-refractivity contribution in [1.82, 2.24) is 0 Å². The summed E-state index contributed by atoms with van der Waals surface area (Å²) in [6, 6.07) is 1.21. The number of halogens is 3. The van der Waals surface area contributed by atoms with Crippen LogP contribution < -0.4 is 0 Å². The second-order valence-electron chi connectivity index (χ2n) is 3.40. The number of benzene rings is 1. The molecule has 0 unspecified atom stereocenters. The molecule has 0 spiro atoms. The SMILES string of the molecule is CC(C)C(=O)c1c(O)c(Br)cc(Cl)c1F. The first-order valence-electron chi connectivity index (χ1n) is 4.27. The Bertz CT molecular complexity index is 392. The van der Waals surface area contributed by atoms with Gasteiger partial charge in [0.25, 0.3) is 0 Å². The third-order valence-electron chi connectivity index (χ3n) is 1.92. The Morgan fingerprint density at radius 1 is 1.60 bits per heavy atom. The zero-order valence-corrected chi connectivity index (χ0v) is 10.5. The summed E-state index contributed by atoms with van der Waals surface area (Å²) in [5, 5.41) is 9.36. The van der Waals surface area contributed by atoms with E-state index >= 15 is 0 Å². The van der Waals surface area contributed by atoms with Gasteiger partial charge < -0.3 is 5.11 Å². The lowest BCUT2D eigenvalue weighted by molar-refractivity contribution is 0.0932. The summed E-state index contributed by atoms with van der Waals surface area (Å²) in [4.78, 5) is 11.6. The van der Waals surface area contributed by atoms with Crippen molar-refractivity contribution in [2.75, 3.05) is 0 Å². The van der Waals surface area contributed by atoms with E-state index in [-0.39, 0.29) is 15.1 Å². The van der Waals surface area contributed by atoms with Gasteiger partial charge in [0.15, 0.2) is 11.6 Å². The second-order valence-corrected chi connectivity index (χ2v) is 4.66. The molecule has 1 aromatic carbocycles. The molecule has 0 aliphatic heterocycles. The molecule has 0 heterocycles. The molecule has 0 saturated heterocycles. The van der Waals surface area contributed by atoms with Crippen molar-refractivity contribution >= 4 is 33.3 Å². The molecular weight excluding hydrogens is 286 g/mol. The topological polar surface area (TPSA) is 37.3 Å². The fourth-order valence-corrected chi connectivity index (χ4v) is 1.86. The first kappa shape index (κ1) is 12.5. The van der Waals surface area contributed by atoms with Crippen LogP contribution in [0, 0.1) is 11.7 Å². The predicted octanol–water partition coefficient (Wildman–Crippen LogP) is 3.79. The Labute approximate surface area is 100 Å². The molecule has 0 aromatic heterocycles. The summed E-state index contributed by atoms with van der Waals surface area (Å²) in [6.45, 7) is 3.24. The Balaban J connectivity index is 3.46. The van der Waals surface area contributed by atoms with Crippen LogP contribution in [0.2, 0.25) is 5.02 Å². The maximum atomic E-state index is 13.5. The quantitative estimate of drug-likeness (QED) is 0.666. The lowest BCUT2D eigenvalue weighted by Crippen LogP contribution is -2.10. The fourth-order valence-electron chi connectivity index (χ4n) is 1.10. The van der Waals surface area contributed by atoms with Crippen LogP contribution in [-0.4, -0.2) is 10.9 Å². The average Bonchev–Trinajstić information content (AvgIpc) is 2.15. The van der Waals surface area contributed by atoms with Gasteiger partial charge in [-0.25, -0.2) is 4.39 Å². The largest absolute Gasteiger partial charge is 0.506 e. The Hall–Kier alpha value is -0.610. The number of hydrogen-bond acceptors (Lipinski definition) is 2. The molecule has 5 heteroatoms. The van der Waals surface area contributed by atoms with E-state index in [1.54, 1.807) is 13.8 Å². The fraction of sp³-hybridized carbons (Fsp3) is 0.300. The molecule has 0 radical (unpaired) electrons. The summed E-state index contributed by atoms with van der Waals surface area (Å²) in [5.74, 6) is -2.17. The highest BCUT2D eigenvalue weighted by molar-refractivity contribution is 9.10. The minimum atomic E-state index is -0.879. The van der Waals surface area contributed by atoms with Crippen LogP contribution in [0.3, 0.4) is 0 Å². The highest BCUT2D eigenvalue weighted by atomic mass is 79.9. The van der Waals surface area contributed by atoms with Crippen molar-refractivity contribution in [1.29, 1.82) is 0 Å². The number of rotatable bonds is 2. The summed E-state index contributed by atoms with van der Waals surface area (Å²) in [5.41, 5.74) is -0.357.